The maximum atomic E-state index is 11.7. The molecule has 0 aliphatic carbocycles. The highest BCUT2D eigenvalue weighted by Gasteiger charge is 2.38. The van der Waals surface area contributed by atoms with Crippen molar-refractivity contribution in [2.45, 2.75) is 40.7 Å². The Balaban J connectivity index is 2.57. The normalized spacial score (nSPS) is 14.6. The Bertz CT molecular complexity index is 678. The Hall–Kier alpha value is -1.55. The third-order valence-electron chi connectivity index (χ3n) is 4.40. The van der Waals surface area contributed by atoms with E-state index in [9.17, 15) is 9.90 Å². The monoisotopic (exact) mass is 308 g/mol. The van der Waals surface area contributed by atoms with Gasteiger partial charge in [0.05, 0.1) is 21.5 Å². The van der Waals surface area contributed by atoms with Crippen LogP contribution in [0, 0.1) is 11.3 Å². The fourth-order valence-corrected chi connectivity index (χ4v) is 2.79. The average Bonchev–Trinajstić information content (AvgIpc) is 2.76. The van der Waals surface area contributed by atoms with Crippen molar-refractivity contribution in [1.82, 2.24) is 9.55 Å². The number of carbonyl (C=O) groups is 1. The first-order valence-electron chi connectivity index (χ1n) is 7.18. The Labute approximate surface area is 129 Å². The first-order valence-corrected chi connectivity index (χ1v) is 7.56. The molecule has 5 heteroatoms. The summed E-state index contributed by atoms with van der Waals surface area (Å²) in [5.74, 6) is -0.00639. The summed E-state index contributed by atoms with van der Waals surface area (Å²) in [6, 6.07) is 5.60. The Kier molecular flexibility index (Phi) is 4.28. The predicted molar refractivity (Wildman–Crippen MR) is 84.7 cm³/mol. The molecule has 0 saturated heterocycles. The minimum atomic E-state index is -0.846. The second-order valence-corrected chi connectivity index (χ2v) is 6.34. The van der Waals surface area contributed by atoms with Gasteiger partial charge in [0.2, 0.25) is 0 Å². The molecule has 4 nitrogen and oxygen atoms in total. The third kappa shape index (κ3) is 2.64. The van der Waals surface area contributed by atoms with Gasteiger partial charge < -0.3 is 9.67 Å². The molecule has 0 radical (unpaired) electrons. The van der Waals surface area contributed by atoms with Gasteiger partial charge in [0, 0.05) is 13.0 Å². The SMILES string of the molecule is CCn1c(CC(C)(C(=O)O)C(C)C)nc2cccc(Cl)c21. The van der Waals surface area contributed by atoms with E-state index < -0.39 is 11.4 Å². The lowest BCUT2D eigenvalue weighted by Crippen LogP contribution is -2.36. The molecular formula is C16H21ClN2O2. The van der Waals surface area contributed by atoms with E-state index >= 15 is 0 Å². The number of fused-ring (bicyclic) bond motifs is 1. The molecule has 1 aromatic carbocycles. The fraction of sp³-hybridized carbons (Fsp3) is 0.500. The number of aryl methyl sites for hydroxylation is 1. The predicted octanol–water partition coefficient (Wildman–Crippen LogP) is 4.00. The van der Waals surface area contributed by atoms with Gasteiger partial charge in [-0.3, -0.25) is 4.79 Å². The van der Waals surface area contributed by atoms with Crippen LogP contribution in [0.25, 0.3) is 11.0 Å². The fourth-order valence-electron chi connectivity index (χ4n) is 2.52. The van der Waals surface area contributed by atoms with Crippen LogP contribution in [0.15, 0.2) is 18.2 Å². The molecule has 0 spiro atoms. The van der Waals surface area contributed by atoms with Crippen molar-refractivity contribution >= 4 is 28.6 Å². The summed E-state index contributed by atoms with van der Waals surface area (Å²) in [6.07, 6.45) is 0.388. The van der Waals surface area contributed by atoms with E-state index in [1.807, 2.05) is 43.5 Å². The molecule has 2 aromatic rings. The number of hydrogen-bond donors (Lipinski definition) is 1. The van der Waals surface area contributed by atoms with Crippen LogP contribution >= 0.6 is 11.6 Å². The summed E-state index contributed by atoms with van der Waals surface area (Å²) >= 11 is 6.27. The number of aromatic nitrogens is 2. The summed E-state index contributed by atoms with van der Waals surface area (Å²) in [6.45, 7) is 8.37. The van der Waals surface area contributed by atoms with Crippen LogP contribution in [-0.2, 0) is 17.8 Å². The number of hydrogen-bond acceptors (Lipinski definition) is 2. The van der Waals surface area contributed by atoms with Crippen molar-refractivity contribution in [3.8, 4) is 0 Å². The molecule has 0 bridgehead atoms. The van der Waals surface area contributed by atoms with Gasteiger partial charge in [0.1, 0.15) is 5.82 Å². The standard InChI is InChI=1S/C16H21ClN2O2/c1-5-19-13(9-16(4,10(2)3)15(20)21)18-12-8-6-7-11(17)14(12)19/h6-8,10H,5,9H2,1-4H3,(H,20,21). The van der Waals surface area contributed by atoms with Gasteiger partial charge in [-0.2, -0.15) is 0 Å². The first kappa shape index (κ1) is 15.8. The van der Waals surface area contributed by atoms with Crippen LogP contribution in [-0.4, -0.2) is 20.6 Å². The van der Waals surface area contributed by atoms with Gasteiger partial charge in [-0.05, 0) is 31.9 Å². The summed E-state index contributed by atoms with van der Waals surface area (Å²) < 4.78 is 2.02. The summed E-state index contributed by atoms with van der Waals surface area (Å²) in [7, 11) is 0. The first-order chi connectivity index (χ1) is 9.81. The van der Waals surface area contributed by atoms with E-state index in [1.54, 1.807) is 6.92 Å². The largest absolute Gasteiger partial charge is 0.481 e. The number of aliphatic carboxylic acids is 1. The third-order valence-corrected chi connectivity index (χ3v) is 4.71. The number of para-hydroxylation sites is 1. The number of rotatable bonds is 5. The lowest BCUT2D eigenvalue weighted by molar-refractivity contribution is -0.150. The summed E-state index contributed by atoms with van der Waals surface area (Å²) in [5.41, 5.74) is 0.852. The zero-order valence-electron chi connectivity index (χ0n) is 12.9. The van der Waals surface area contributed by atoms with Crippen LogP contribution in [0.5, 0.6) is 0 Å². The van der Waals surface area contributed by atoms with Gasteiger partial charge in [0.25, 0.3) is 0 Å². The highest BCUT2D eigenvalue weighted by molar-refractivity contribution is 6.35. The summed E-state index contributed by atoms with van der Waals surface area (Å²) in [4.78, 5) is 16.3. The van der Waals surface area contributed by atoms with Crippen LogP contribution in [0.2, 0.25) is 5.02 Å². The average molecular weight is 309 g/mol. The van der Waals surface area contributed by atoms with Crippen molar-refractivity contribution in [3.05, 3.63) is 29.0 Å². The number of nitrogens with zero attached hydrogens (tertiary/aromatic N) is 2. The molecule has 0 aliphatic heterocycles. The Morgan fingerprint density at radius 1 is 1.48 bits per heavy atom. The van der Waals surface area contributed by atoms with E-state index in [2.05, 4.69) is 4.98 Å². The van der Waals surface area contributed by atoms with Crippen molar-refractivity contribution < 1.29 is 9.90 Å². The number of benzene rings is 1. The van der Waals surface area contributed by atoms with Crippen molar-refractivity contribution in [2.75, 3.05) is 0 Å². The molecule has 21 heavy (non-hydrogen) atoms. The molecular weight excluding hydrogens is 288 g/mol. The molecule has 114 valence electrons. The van der Waals surface area contributed by atoms with E-state index in [1.165, 1.54) is 0 Å². The highest BCUT2D eigenvalue weighted by Crippen LogP contribution is 2.33. The van der Waals surface area contributed by atoms with Crippen molar-refractivity contribution in [2.24, 2.45) is 11.3 Å². The van der Waals surface area contributed by atoms with Crippen LogP contribution in [0.1, 0.15) is 33.5 Å². The zero-order valence-corrected chi connectivity index (χ0v) is 13.6. The highest BCUT2D eigenvalue weighted by atomic mass is 35.5. The molecule has 1 N–H and O–H groups in total. The van der Waals surface area contributed by atoms with E-state index in [0.717, 1.165) is 16.9 Å². The van der Waals surface area contributed by atoms with Crippen molar-refractivity contribution in [3.63, 3.8) is 0 Å². The number of imidazole rings is 1. The summed E-state index contributed by atoms with van der Waals surface area (Å²) in [5, 5.41) is 10.2. The molecule has 1 unspecified atom stereocenters. The molecule has 2 rings (SSSR count). The molecule has 1 atom stereocenters. The lowest BCUT2D eigenvalue weighted by atomic mass is 9.76. The Morgan fingerprint density at radius 2 is 2.14 bits per heavy atom. The molecule has 0 fully saturated rings. The van der Waals surface area contributed by atoms with Gasteiger partial charge in [-0.1, -0.05) is 31.5 Å². The van der Waals surface area contributed by atoms with E-state index in [4.69, 9.17) is 11.6 Å². The van der Waals surface area contributed by atoms with Gasteiger partial charge in [-0.15, -0.1) is 0 Å². The molecule has 0 amide bonds. The smallest absolute Gasteiger partial charge is 0.310 e. The topological polar surface area (TPSA) is 55.1 Å². The second kappa shape index (κ2) is 5.68. The van der Waals surface area contributed by atoms with E-state index in [-0.39, 0.29) is 5.92 Å². The minimum absolute atomic E-state index is 0.00981. The second-order valence-electron chi connectivity index (χ2n) is 5.93. The molecule has 0 saturated carbocycles. The number of carboxylic acid groups (broad SMARTS) is 1. The van der Waals surface area contributed by atoms with Crippen LogP contribution < -0.4 is 0 Å². The van der Waals surface area contributed by atoms with Crippen LogP contribution in [0.4, 0.5) is 0 Å². The van der Waals surface area contributed by atoms with Crippen molar-refractivity contribution in [1.29, 1.82) is 0 Å². The maximum absolute atomic E-state index is 11.7. The van der Waals surface area contributed by atoms with E-state index in [0.29, 0.717) is 18.0 Å². The molecule has 0 aliphatic rings. The molecule has 1 aromatic heterocycles. The van der Waals surface area contributed by atoms with Gasteiger partial charge in [-0.25, -0.2) is 4.98 Å². The number of carboxylic acids is 1. The van der Waals surface area contributed by atoms with Crippen LogP contribution in [0.3, 0.4) is 0 Å². The number of halogens is 1. The van der Waals surface area contributed by atoms with Gasteiger partial charge >= 0.3 is 5.97 Å². The lowest BCUT2D eigenvalue weighted by Gasteiger charge is -2.28. The molecule has 1 heterocycles. The minimum Gasteiger partial charge on any atom is -0.481 e. The maximum Gasteiger partial charge on any atom is 0.310 e. The van der Waals surface area contributed by atoms with Gasteiger partial charge in [0.15, 0.2) is 0 Å². The zero-order chi connectivity index (χ0) is 15.8. The quantitative estimate of drug-likeness (QED) is 0.908. The Morgan fingerprint density at radius 3 is 2.67 bits per heavy atom.